The second-order valence-electron chi connectivity index (χ2n) is 14.3. The van der Waals surface area contributed by atoms with E-state index in [0.717, 1.165) is 34.8 Å². The molecular weight excluding hydrogens is 534 g/mol. The number of fused-ring (bicyclic) bond motifs is 2. The summed E-state index contributed by atoms with van der Waals surface area (Å²) in [5.41, 5.74) is 8.69. The SMILES string of the molecule is CC(C)(C)c1ccc2c(c1)CCC(=O)N2.CC(C)(C)c1cnc2[nH]ccc2c1.COc1cc(C(C)(C)C)cc(C)c1OC. The van der Waals surface area contributed by atoms with Crippen LogP contribution < -0.4 is 14.8 Å². The first-order chi connectivity index (χ1) is 19.9. The Balaban J connectivity index is 0.000000177. The van der Waals surface area contributed by atoms with E-state index in [9.17, 15) is 4.79 Å². The zero-order valence-corrected chi connectivity index (χ0v) is 28.3. The quantitative estimate of drug-likeness (QED) is 0.246. The molecule has 6 nitrogen and oxygen atoms in total. The Morgan fingerprint density at radius 2 is 1.40 bits per heavy atom. The molecule has 0 bridgehead atoms. The zero-order chi connectivity index (χ0) is 32.2. The van der Waals surface area contributed by atoms with Gasteiger partial charge in [-0.1, -0.05) is 80.5 Å². The fourth-order valence-electron chi connectivity index (χ4n) is 4.79. The number of hydrogen-bond acceptors (Lipinski definition) is 4. The van der Waals surface area contributed by atoms with Crippen molar-refractivity contribution >= 4 is 22.6 Å². The van der Waals surface area contributed by atoms with Gasteiger partial charge in [0.2, 0.25) is 5.91 Å². The molecule has 232 valence electrons. The van der Waals surface area contributed by atoms with Gasteiger partial charge in [-0.3, -0.25) is 4.79 Å². The van der Waals surface area contributed by atoms with Crippen molar-refractivity contribution in [2.24, 2.45) is 0 Å². The third-order valence-electron chi connectivity index (χ3n) is 7.66. The molecule has 1 aliphatic heterocycles. The summed E-state index contributed by atoms with van der Waals surface area (Å²) >= 11 is 0. The molecule has 3 heterocycles. The summed E-state index contributed by atoms with van der Waals surface area (Å²) in [4.78, 5) is 18.6. The summed E-state index contributed by atoms with van der Waals surface area (Å²) in [5.74, 6) is 1.76. The Morgan fingerprint density at radius 3 is 1.98 bits per heavy atom. The predicted molar refractivity (Wildman–Crippen MR) is 180 cm³/mol. The maximum Gasteiger partial charge on any atom is 0.224 e. The zero-order valence-electron chi connectivity index (χ0n) is 28.3. The molecule has 1 amide bonds. The highest BCUT2D eigenvalue weighted by Crippen LogP contribution is 2.36. The fourth-order valence-corrected chi connectivity index (χ4v) is 4.79. The number of hydrogen-bond donors (Lipinski definition) is 2. The lowest BCUT2D eigenvalue weighted by molar-refractivity contribution is -0.116. The highest BCUT2D eigenvalue weighted by molar-refractivity contribution is 5.93. The minimum Gasteiger partial charge on any atom is -0.493 e. The van der Waals surface area contributed by atoms with Gasteiger partial charge in [0.05, 0.1) is 14.2 Å². The van der Waals surface area contributed by atoms with E-state index in [1.807, 2.05) is 31.5 Å². The number of anilines is 1. The van der Waals surface area contributed by atoms with Gasteiger partial charge in [0.1, 0.15) is 5.65 Å². The van der Waals surface area contributed by atoms with E-state index in [1.165, 1.54) is 27.6 Å². The van der Waals surface area contributed by atoms with E-state index in [2.05, 4.69) is 108 Å². The van der Waals surface area contributed by atoms with Crippen LogP contribution in [0.2, 0.25) is 0 Å². The number of benzene rings is 2. The van der Waals surface area contributed by atoms with Crippen molar-refractivity contribution in [3.8, 4) is 11.5 Å². The van der Waals surface area contributed by atoms with Gasteiger partial charge in [0.25, 0.3) is 0 Å². The van der Waals surface area contributed by atoms with Gasteiger partial charge < -0.3 is 19.8 Å². The number of H-pyrrole nitrogens is 1. The molecule has 0 saturated carbocycles. The van der Waals surface area contributed by atoms with Crippen LogP contribution in [0.1, 0.15) is 96.6 Å². The monoisotopic (exact) mass is 585 g/mol. The van der Waals surface area contributed by atoms with Crippen molar-refractivity contribution in [1.82, 2.24) is 9.97 Å². The average Bonchev–Trinajstić information content (AvgIpc) is 3.40. The highest BCUT2D eigenvalue weighted by Gasteiger charge is 2.20. The van der Waals surface area contributed by atoms with Crippen LogP contribution in [0.15, 0.2) is 54.9 Å². The summed E-state index contributed by atoms with van der Waals surface area (Å²) in [6.45, 7) is 21.8. The van der Waals surface area contributed by atoms with Gasteiger partial charge in [-0.2, -0.15) is 0 Å². The summed E-state index contributed by atoms with van der Waals surface area (Å²) in [6, 6.07) is 14.8. The van der Waals surface area contributed by atoms with E-state index >= 15 is 0 Å². The normalized spacial score (nSPS) is 13.2. The van der Waals surface area contributed by atoms with Crippen LogP contribution in [0.25, 0.3) is 11.0 Å². The molecule has 0 unspecified atom stereocenters. The molecule has 5 rings (SSSR count). The van der Waals surface area contributed by atoms with Crippen molar-refractivity contribution in [2.75, 3.05) is 19.5 Å². The van der Waals surface area contributed by atoms with Gasteiger partial charge in [-0.15, -0.1) is 0 Å². The average molecular weight is 586 g/mol. The molecular formula is C37H51N3O3. The van der Waals surface area contributed by atoms with Crippen LogP contribution >= 0.6 is 0 Å². The fraction of sp³-hybridized carbons (Fsp3) is 0.459. The molecule has 0 aliphatic carbocycles. The van der Waals surface area contributed by atoms with Gasteiger partial charge in [0, 0.05) is 29.9 Å². The van der Waals surface area contributed by atoms with E-state index in [1.54, 1.807) is 14.2 Å². The largest absolute Gasteiger partial charge is 0.493 e. The summed E-state index contributed by atoms with van der Waals surface area (Å²) in [7, 11) is 3.34. The molecule has 6 heteroatoms. The van der Waals surface area contributed by atoms with E-state index in [-0.39, 0.29) is 22.2 Å². The molecule has 4 aromatic rings. The first-order valence-corrected chi connectivity index (χ1v) is 15.0. The predicted octanol–water partition coefficient (Wildman–Crippen LogP) is 9.04. The summed E-state index contributed by atoms with van der Waals surface area (Å²) in [5, 5.41) is 4.09. The number of carbonyl (C=O) groups excluding carboxylic acids is 1. The number of aromatic nitrogens is 2. The third-order valence-corrected chi connectivity index (χ3v) is 7.66. The minimum absolute atomic E-state index is 0.129. The van der Waals surface area contributed by atoms with Crippen molar-refractivity contribution in [3.05, 3.63) is 82.7 Å². The number of methoxy groups -OCH3 is 2. The minimum atomic E-state index is 0.129. The van der Waals surface area contributed by atoms with Gasteiger partial charge in [-0.25, -0.2) is 4.98 Å². The Kier molecular flexibility index (Phi) is 10.4. The summed E-state index contributed by atoms with van der Waals surface area (Å²) in [6.07, 6.45) is 5.34. The van der Waals surface area contributed by atoms with Gasteiger partial charge in [-0.05, 0) is 81.7 Å². The van der Waals surface area contributed by atoms with E-state index in [4.69, 9.17) is 9.47 Å². The van der Waals surface area contributed by atoms with Crippen molar-refractivity contribution in [3.63, 3.8) is 0 Å². The molecule has 2 N–H and O–H groups in total. The summed E-state index contributed by atoms with van der Waals surface area (Å²) < 4.78 is 10.6. The van der Waals surface area contributed by atoms with Crippen LogP contribution in [0, 0.1) is 6.92 Å². The van der Waals surface area contributed by atoms with Gasteiger partial charge >= 0.3 is 0 Å². The Labute approximate surface area is 258 Å². The second kappa shape index (κ2) is 13.2. The first-order valence-electron chi connectivity index (χ1n) is 15.0. The smallest absolute Gasteiger partial charge is 0.224 e. The topological polar surface area (TPSA) is 76.2 Å². The molecule has 0 spiro atoms. The van der Waals surface area contributed by atoms with Crippen LogP contribution in [0.5, 0.6) is 11.5 Å². The number of aromatic amines is 1. The lowest BCUT2D eigenvalue weighted by atomic mass is 9.85. The number of aryl methyl sites for hydroxylation is 2. The number of nitrogens with one attached hydrogen (secondary N) is 2. The molecule has 0 atom stereocenters. The maximum atomic E-state index is 11.2. The number of nitrogens with zero attached hydrogens (tertiary/aromatic N) is 1. The Morgan fingerprint density at radius 1 is 0.744 bits per heavy atom. The van der Waals surface area contributed by atoms with Crippen molar-refractivity contribution < 1.29 is 14.3 Å². The number of ether oxygens (including phenoxy) is 2. The van der Waals surface area contributed by atoms with Crippen molar-refractivity contribution in [2.45, 2.75) is 98.3 Å². The molecule has 43 heavy (non-hydrogen) atoms. The lowest BCUT2D eigenvalue weighted by Gasteiger charge is -2.23. The van der Waals surface area contributed by atoms with Crippen LogP contribution in [0.4, 0.5) is 5.69 Å². The highest BCUT2D eigenvalue weighted by atomic mass is 16.5. The van der Waals surface area contributed by atoms with Crippen LogP contribution in [-0.2, 0) is 27.5 Å². The lowest BCUT2D eigenvalue weighted by Crippen LogP contribution is -2.20. The standard InChI is InChI=1S/C13H17NO.C13H20O2.C11H14N2/c1-13(2,3)10-5-6-11-9(8-10)4-7-12(15)14-11;1-9-7-10(13(2,3)4)8-11(14-5)12(9)15-6;1-11(2,3)9-6-8-4-5-12-10(8)13-7-9/h5-6,8H,4,7H2,1-3H3,(H,14,15);7-8H,1-6H3;4-7H,1-3H3,(H,12,13). The second-order valence-corrected chi connectivity index (χ2v) is 14.3. The number of carbonyl (C=O) groups is 1. The number of pyridine rings is 1. The first kappa shape index (κ1) is 33.7. The van der Waals surface area contributed by atoms with Crippen molar-refractivity contribution in [1.29, 1.82) is 0 Å². The van der Waals surface area contributed by atoms with Crippen LogP contribution in [0.3, 0.4) is 0 Å². The molecule has 1 aliphatic rings. The molecule has 0 radical (unpaired) electrons. The maximum absolute atomic E-state index is 11.2. The van der Waals surface area contributed by atoms with Crippen LogP contribution in [-0.4, -0.2) is 30.1 Å². The number of amides is 1. The molecule has 0 saturated heterocycles. The van der Waals surface area contributed by atoms with E-state index < -0.39 is 0 Å². The molecule has 0 fully saturated rings. The van der Waals surface area contributed by atoms with Gasteiger partial charge in [0.15, 0.2) is 11.5 Å². The molecule has 2 aromatic heterocycles. The Bertz CT molecular complexity index is 1550. The number of rotatable bonds is 2. The van der Waals surface area contributed by atoms with E-state index in [0.29, 0.717) is 6.42 Å². The third kappa shape index (κ3) is 8.85. The Hall–Kier alpha value is -3.80. The molecule has 2 aromatic carbocycles.